The monoisotopic (exact) mass is 646 g/mol. The third kappa shape index (κ3) is 31.8. The molecular weight excluding hydrogens is 574 g/mol. The van der Waals surface area contributed by atoms with Gasteiger partial charge in [0, 0.05) is 19.5 Å². The lowest BCUT2D eigenvalue weighted by molar-refractivity contribution is -0.142. The zero-order chi connectivity index (χ0) is 33.9. The first kappa shape index (κ1) is 43.8. The number of carbonyl (C=O) groups is 2. The van der Waals surface area contributed by atoms with Gasteiger partial charge in [-0.15, -0.1) is 0 Å². The zero-order valence-electron chi connectivity index (χ0n) is 29.8. The first-order valence-electron chi connectivity index (χ1n) is 18.9. The quantitative estimate of drug-likeness (QED) is 0.0487. The molecule has 0 spiro atoms. The van der Waals surface area contributed by atoms with Crippen LogP contribution in [0, 0.1) is 0 Å². The van der Waals surface area contributed by atoms with Crippen LogP contribution in [0.15, 0.2) is 48.6 Å². The van der Waals surface area contributed by atoms with Crippen LogP contribution in [-0.4, -0.2) is 57.4 Å². The van der Waals surface area contributed by atoms with Gasteiger partial charge in [0.2, 0.25) is 5.91 Å². The van der Waals surface area contributed by atoms with E-state index in [1.165, 1.54) is 56.3 Å². The van der Waals surface area contributed by atoms with Gasteiger partial charge in [0.25, 0.3) is 0 Å². The topological polar surface area (TPSA) is 98.1 Å². The number of carboxylic acids is 1. The fourth-order valence-corrected chi connectivity index (χ4v) is 5.37. The number of allylic oxidation sites excluding steroid dienone is 8. The number of nitrogens with zero attached hydrogens (tertiary/aromatic N) is 1. The molecule has 2 atom stereocenters. The molecule has 0 bridgehead atoms. The van der Waals surface area contributed by atoms with Crippen molar-refractivity contribution in [2.45, 2.75) is 180 Å². The van der Waals surface area contributed by atoms with Crippen molar-refractivity contribution in [3.05, 3.63) is 48.6 Å². The molecule has 46 heavy (non-hydrogen) atoms. The normalized spacial score (nSPS) is 13.5. The van der Waals surface area contributed by atoms with Crippen LogP contribution in [0.1, 0.15) is 168 Å². The van der Waals surface area contributed by atoms with Gasteiger partial charge in [0.05, 0.1) is 18.6 Å². The van der Waals surface area contributed by atoms with Gasteiger partial charge < -0.3 is 20.2 Å². The molecule has 3 N–H and O–H groups in total. The Bertz CT molecular complexity index is 766. The summed E-state index contributed by atoms with van der Waals surface area (Å²) < 4.78 is 0. The highest BCUT2D eigenvalue weighted by Gasteiger charge is 2.21. The number of hydrogen-bond acceptors (Lipinski definition) is 4. The Balaban J connectivity index is 4.20. The number of amides is 1. The third-order valence-electron chi connectivity index (χ3n) is 8.24. The number of rotatable bonds is 33. The number of carboxylic acid groups (broad SMARTS) is 1. The van der Waals surface area contributed by atoms with E-state index in [1.54, 1.807) is 0 Å². The summed E-state index contributed by atoms with van der Waals surface area (Å²) in [5.74, 6) is -1.33. The molecule has 0 aliphatic carbocycles. The molecule has 0 fully saturated rings. The van der Waals surface area contributed by atoms with Crippen LogP contribution in [0.4, 0.5) is 0 Å². The van der Waals surface area contributed by atoms with Gasteiger partial charge in [0.15, 0.2) is 0 Å². The van der Waals surface area contributed by atoms with Crippen LogP contribution < -0.4 is 0 Å². The molecule has 2 unspecified atom stereocenters. The van der Waals surface area contributed by atoms with Crippen molar-refractivity contribution in [1.29, 1.82) is 0 Å². The van der Waals surface area contributed by atoms with Crippen LogP contribution in [0.25, 0.3) is 0 Å². The maximum absolute atomic E-state index is 12.7. The SMILES string of the molecule is CCCCC/C=C\C/C=C\CCCCCCC(O)CN(CC(O)CCCCCC/C=C\C/C=C\CCCCC)C(=O)CCC(=O)O. The van der Waals surface area contributed by atoms with E-state index in [4.69, 9.17) is 5.11 Å². The van der Waals surface area contributed by atoms with Crippen molar-refractivity contribution in [1.82, 2.24) is 4.90 Å². The molecule has 0 rings (SSSR count). The minimum Gasteiger partial charge on any atom is -0.481 e. The molecule has 266 valence electrons. The Labute approximate surface area is 283 Å². The van der Waals surface area contributed by atoms with Crippen molar-refractivity contribution >= 4 is 11.9 Å². The summed E-state index contributed by atoms with van der Waals surface area (Å²) in [7, 11) is 0. The van der Waals surface area contributed by atoms with Crippen LogP contribution >= 0.6 is 0 Å². The molecule has 0 aromatic carbocycles. The average Bonchev–Trinajstić information content (AvgIpc) is 3.03. The van der Waals surface area contributed by atoms with Crippen molar-refractivity contribution < 1.29 is 24.9 Å². The number of aliphatic hydroxyl groups excluding tert-OH is 2. The van der Waals surface area contributed by atoms with Crippen molar-refractivity contribution in [2.24, 2.45) is 0 Å². The Morgan fingerprint density at radius 3 is 1.26 bits per heavy atom. The Morgan fingerprint density at radius 2 is 0.891 bits per heavy atom. The Hall–Kier alpha value is -2.18. The van der Waals surface area contributed by atoms with Crippen LogP contribution in [0.2, 0.25) is 0 Å². The van der Waals surface area contributed by atoms with Gasteiger partial charge in [-0.3, -0.25) is 9.59 Å². The van der Waals surface area contributed by atoms with Gasteiger partial charge in [0.1, 0.15) is 0 Å². The lowest BCUT2D eigenvalue weighted by atomic mass is 10.1. The first-order chi connectivity index (χ1) is 22.4. The smallest absolute Gasteiger partial charge is 0.303 e. The van der Waals surface area contributed by atoms with E-state index < -0.39 is 18.2 Å². The average molecular weight is 646 g/mol. The highest BCUT2D eigenvalue weighted by atomic mass is 16.4. The summed E-state index contributed by atoms with van der Waals surface area (Å²) in [5, 5.41) is 30.3. The fraction of sp³-hybridized carbons (Fsp3) is 0.750. The van der Waals surface area contributed by atoms with Crippen molar-refractivity contribution in [2.75, 3.05) is 13.1 Å². The largest absolute Gasteiger partial charge is 0.481 e. The summed E-state index contributed by atoms with van der Waals surface area (Å²) >= 11 is 0. The predicted octanol–water partition coefficient (Wildman–Crippen LogP) is 10.2. The predicted molar refractivity (Wildman–Crippen MR) is 195 cm³/mol. The molecule has 0 radical (unpaired) electrons. The summed E-state index contributed by atoms with van der Waals surface area (Å²) in [5.41, 5.74) is 0. The molecule has 1 amide bonds. The molecule has 0 saturated carbocycles. The van der Waals surface area contributed by atoms with Crippen LogP contribution in [0.5, 0.6) is 0 Å². The minimum absolute atomic E-state index is 0.112. The Kier molecular flexibility index (Phi) is 32.5. The third-order valence-corrected chi connectivity index (χ3v) is 8.24. The molecule has 6 nitrogen and oxygen atoms in total. The molecule has 0 saturated heterocycles. The number of aliphatic carboxylic acids is 1. The van der Waals surface area contributed by atoms with E-state index in [0.29, 0.717) is 12.8 Å². The number of hydrogen-bond donors (Lipinski definition) is 3. The molecule has 6 heteroatoms. The molecule has 0 aromatic heterocycles. The maximum atomic E-state index is 12.7. The zero-order valence-corrected chi connectivity index (χ0v) is 29.8. The minimum atomic E-state index is -1.02. The van der Waals surface area contributed by atoms with Crippen LogP contribution in [0.3, 0.4) is 0 Å². The van der Waals surface area contributed by atoms with E-state index in [2.05, 4.69) is 62.5 Å². The highest BCUT2D eigenvalue weighted by Crippen LogP contribution is 2.13. The second-order valence-corrected chi connectivity index (χ2v) is 12.8. The first-order valence-corrected chi connectivity index (χ1v) is 18.9. The van der Waals surface area contributed by atoms with Crippen molar-refractivity contribution in [3.63, 3.8) is 0 Å². The molecule has 0 aliphatic rings. The summed E-state index contributed by atoms with van der Waals surface area (Å²) in [6, 6.07) is 0. The lowest BCUT2D eigenvalue weighted by Gasteiger charge is -2.27. The van der Waals surface area contributed by atoms with E-state index in [0.717, 1.165) is 77.0 Å². The summed E-state index contributed by atoms with van der Waals surface area (Å²) in [4.78, 5) is 25.2. The van der Waals surface area contributed by atoms with E-state index in [-0.39, 0.29) is 31.8 Å². The standard InChI is InChI=1S/C40H71NO5/c1-3-5-7-9-11-13-15-17-19-21-23-25-27-29-31-37(42)35-41(39(44)33-34-40(45)46)36-38(43)32-30-28-26-24-22-20-18-16-14-12-10-8-6-4-2/h11-14,17-20,37-38,42-43H,3-10,15-16,21-36H2,1-2H3,(H,45,46)/b13-11-,14-12-,19-17-,20-18-. The van der Waals surface area contributed by atoms with E-state index >= 15 is 0 Å². The van der Waals surface area contributed by atoms with Gasteiger partial charge in [-0.1, -0.05) is 127 Å². The molecular formula is C40H71NO5. The molecule has 0 heterocycles. The van der Waals surface area contributed by atoms with E-state index in [1.807, 2.05) is 0 Å². The van der Waals surface area contributed by atoms with Crippen LogP contribution in [-0.2, 0) is 9.59 Å². The van der Waals surface area contributed by atoms with Crippen molar-refractivity contribution in [3.8, 4) is 0 Å². The number of unbranched alkanes of at least 4 members (excludes halogenated alkanes) is 14. The second-order valence-electron chi connectivity index (χ2n) is 12.8. The molecule has 0 aromatic rings. The summed E-state index contributed by atoms with van der Waals surface area (Å²) in [6.45, 7) is 4.74. The number of carbonyl (C=O) groups excluding carboxylic acids is 1. The Morgan fingerprint density at radius 1 is 0.522 bits per heavy atom. The maximum Gasteiger partial charge on any atom is 0.303 e. The van der Waals surface area contributed by atoms with Gasteiger partial charge in [-0.05, 0) is 77.0 Å². The van der Waals surface area contributed by atoms with E-state index in [9.17, 15) is 19.8 Å². The van der Waals surface area contributed by atoms with Gasteiger partial charge in [-0.2, -0.15) is 0 Å². The fourth-order valence-electron chi connectivity index (χ4n) is 5.37. The molecule has 0 aliphatic heterocycles. The van der Waals surface area contributed by atoms with Gasteiger partial charge in [-0.25, -0.2) is 0 Å². The number of aliphatic hydroxyl groups is 2. The van der Waals surface area contributed by atoms with Gasteiger partial charge >= 0.3 is 5.97 Å². The lowest BCUT2D eigenvalue weighted by Crippen LogP contribution is -2.42. The second kappa shape index (κ2) is 34.2. The summed E-state index contributed by atoms with van der Waals surface area (Å²) in [6.07, 6.45) is 40.1. The highest BCUT2D eigenvalue weighted by molar-refractivity contribution is 5.80.